The molecule has 1 saturated heterocycles. The van der Waals surface area contributed by atoms with Crippen LogP contribution in [0.25, 0.3) is 0 Å². The largest absolute Gasteiger partial charge is 0.353 e. The molecule has 6 heteroatoms. The van der Waals surface area contributed by atoms with E-state index in [2.05, 4.69) is 22.9 Å². The lowest BCUT2D eigenvalue weighted by atomic mass is 10.1. The van der Waals surface area contributed by atoms with Gasteiger partial charge in [0.1, 0.15) is 5.82 Å². The van der Waals surface area contributed by atoms with Gasteiger partial charge in [-0.2, -0.15) is 0 Å². The van der Waals surface area contributed by atoms with Crippen LogP contribution >= 0.6 is 11.6 Å². The van der Waals surface area contributed by atoms with Crippen molar-refractivity contribution in [1.82, 2.24) is 10.6 Å². The fraction of sp³-hybridized carbons (Fsp3) is 0.462. The van der Waals surface area contributed by atoms with E-state index in [1.165, 1.54) is 12.1 Å². The van der Waals surface area contributed by atoms with Crippen LogP contribution in [0.3, 0.4) is 0 Å². The van der Waals surface area contributed by atoms with Crippen LogP contribution in [-0.2, 0) is 4.79 Å². The first kappa shape index (κ1) is 14.1. The number of hydrogen-bond donors (Lipinski definition) is 3. The lowest BCUT2D eigenvalue weighted by Gasteiger charge is -2.32. The monoisotopic (exact) mass is 285 g/mol. The molecule has 104 valence electrons. The van der Waals surface area contributed by atoms with E-state index in [4.69, 9.17) is 11.6 Å². The van der Waals surface area contributed by atoms with Crippen molar-refractivity contribution in [3.8, 4) is 0 Å². The van der Waals surface area contributed by atoms with E-state index < -0.39 is 5.82 Å². The smallest absolute Gasteiger partial charge is 0.224 e. The normalized spacial score (nSPS) is 23.0. The second-order valence-corrected chi connectivity index (χ2v) is 5.04. The van der Waals surface area contributed by atoms with Crippen molar-refractivity contribution < 1.29 is 9.18 Å². The minimum absolute atomic E-state index is 0.00269. The highest BCUT2D eigenvalue weighted by Gasteiger charge is 2.24. The second kappa shape index (κ2) is 6.21. The molecule has 0 saturated carbocycles. The number of halogens is 2. The predicted octanol–water partition coefficient (Wildman–Crippen LogP) is 2.45. The molecule has 1 aromatic rings. The molecule has 0 radical (unpaired) electrons. The Morgan fingerprint density at radius 1 is 1.53 bits per heavy atom. The Morgan fingerprint density at radius 2 is 2.32 bits per heavy atom. The van der Waals surface area contributed by atoms with E-state index >= 15 is 0 Å². The quantitative estimate of drug-likeness (QED) is 0.796. The molecule has 3 N–H and O–H groups in total. The zero-order valence-electron chi connectivity index (χ0n) is 10.7. The second-order valence-electron chi connectivity index (χ2n) is 4.63. The average molecular weight is 286 g/mol. The minimum Gasteiger partial charge on any atom is -0.353 e. The summed E-state index contributed by atoms with van der Waals surface area (Å²) in [6.07, 6.45) is 2.07. The fourth-order valence-electron chi connectivity index (χ4n) is 2.14. The Bertz CT molecular complexity index is 469. The minimum atomic E-state index is -0.461. The standard InChI is InChI=1S/C13H17ClFN3O/c1-2-3-8-7-12(19)18-13(16-8)17-9-4-5-11(15)10(14)6-9/h4-6,8,13,16-17H,2-3,7H2,1H3,(H,18,19). The molecule has 1 aromatic carbocycles. The van der Waals surface area contributed by atoms with Crippen LogP contribution in [0.2, 0.25) is 5.02 Å². The van der Waals surface area contributed by atoms with Crippen LogP contribution < -0.4 is 16.0 Å². The summed E-state index contributed by atoms with van der Waals surface area (Å²) in [6.45, 7) is 2.08. The van der Waals surface area contributed by atoms with E-state index in [1.807, 2.05) is 0 Å². The van der Waals surface area contributed by atoms with E-state index in [-0.39, 0.29) is 23.3 Å². The van der Waals surface area contributed by atoms with Gasteiger partial charge >= 0.3 is 0 Å². The molecule has 1 heterocycles. The van der Waals surface area contributed by atoms with Gasteiger partial charge in [0.25, 0.3) is 0 Å². The Hall–Kier alpha value is -1.33. The molecule has 1 amide bonds. The lowest BCUT2D eigenvalue weighted by molar-refractivity contribution is -0.124. The van der Waals surface area contributed by atoms with Gasteiger partial charge in [-0.05, 0) is 24.6 Å². The predicted molar refractivity (Wildman–Crippen MR) is 73.4 cm³/mol. The molecule has 2 rings (SSSR count). The zero-order chi connectivity index (χ0) is 13.8. The Kier molecular flexibility index (Phi) is 4.61. The molecule has 0 aliphatic carbocycles. The summed E-state index contributed by atoms with van der Waals surface area (Å²) in [5.74, 6) is -0.459. The Labute approximate surface area is 116 Å². The highest BCUT2D eigenvalue weighted by molar-refractivity contribution is 6.31. The van der Waals surface area contributed by atoms with Crippen LogP contribution in [0.1, 0.15) is 26.2 Å². The van der Waals surface area contributed by atoms with E-state index in [9.17, 15) is 9.18 Å². The number of rotatable bonds is 4. The van der Waals surface area contributed by atoms with Crippen molar-refractivity contribution in [3.63, 3.8) is 0 Å². The van der Waals surface area contributed by atoms with Crippen LogP contribution in [-0.4, -0.2) is 18.2 Å². The third-order valence-corrected chi connectivity index (χ3v) is 3.30. The molecule has 2 atom stereocenters. The number of carbonyl (C=O) groups is 1. The summed E-state index contributed by atoms with van der Waals surface area (Å²) in [6, 6.07) is 4.53. The zero-order valence-corrected chi connectivity index (χ0v) is 11.4. The number of amides is 1. The van der Waals surface area contributed by atoms with Crippen molar-refractivity contribution in [1.29, 1.82) is 0 Å². The van der Waals surface area contributed by atoms with Gasteiger partial charge in [0.15, 0.2) is 6.29 Å². The van der Waals surface area contributed by atoms with Crippen LogP contribution in [0, 0.1) is 5.82 Å². The number of benzene rings is 1. The maximum absolute atomic E-state index is 13.1. The van der Waals surface area contributed by atoms with E-state index in [0.717, 1.165) is 12.8 Å². The molecule has 0 spiro atoms. The highest BCUT2D eigenvalue weighted by atomic mass is 35.5. The summed E-state index contributed by atoms with van der Waals surface area (Å²) in [5.41, 5.74) is 0.654. The maximum atomic E-state index is 13.1. The van der Waals surface area contributed by atoms with E-state index in [0.29, 0.717) is 12.1 Å². The average Bonchev–Trinajstić information content (AvgIpc) is 2.33. The van der Waals surface area contributed by atoms with Gasteiger partial charge < -0.3 is 10.6 Å². The fourth-order valence-corrected chi connectivity index (χ4v) is 2.32. The first-order valence-corrected chi connectivity index (χ1v) is 6.73. The van der Waals surface area contributed by atoms with Crippen molar-refractivity contribution in [2.75, 3.05) is 5.32 Å². The summed E-state index contributed by atoms with van der Waals surface area (Å²) in [7, 11) is 0. The van der Waals surface area contributed by atoms with Gasteiger partial charge in [0.2, 0.25) is 5.91 Å². The summed E-state index contributed by atoms with van der Waals surface area (Å²) in [4.78, 5) is 11.6. The summed E-state index contributed by atoms with van der Waals surface area (Å²) in [5, 5.41) is 9.20. The molecular weight excluding hydrogens is 269 g/mol. The van der Waals surface area contributed by atoms with Gasteiger partial charge in [-0.1, -0.05) is 24.9 Å². The molecule has 1 aliphatic rings. The van der Waals surface area contributed by atoms with E-state index in [1.54, 1.807) is 6.07 Å². The van der Waals surface area contributed by atoms with Crippen LogP contribution in [0.15, 0.2) is 18.2 Å². The molecular formula is C13H17ClFN3O. The Balaban J connectivity index is 2.01. The molecule has 19 heavy (non-hydrogen) atoms. The molecule has 1 fully saturated rings. The maximum Gasteiger partial charge on any atom is 0.224 e. The van der Waals surface area contributed by atoms with Crippen molar-refractivity contribution >= 4 is 23.2 Å². The van der Waals surface area contributed by atoms with Crippen LogP contribution in [0.4, 0.5) is 10.1 Å². The van der Waals surface area contributed by atoms with Crippen LogP contribution in [0.5, 0.6) is 0 Å². The number of carbonyl (C=O) groups excluding carboxylic acids is 1. The number of hydrogen-bond acceptors (Lipinski definition) is 3. The SMILES string of the molecule is CCCC1CC(=O)NC(Nc2ccc(F)c(Cl)c2)N1. The third-order valence-electron chi connectivity index (χ3n) is 3.01. The van der Waals surface area contributed by atoms with Gasteiger partial charge in [0.05, 0.1) is 5.02 Å². The number of nitrogens with one attached hydrogen (secondary N) is 3. The molecule has 1 aliphatic heterocycles. The van der Waals surface area contributed by atoms with Crippen molar-refractivity contribution in [2.24, 2.45) is 0 Å². The number of anilines is 1. The first-order chi connectivity index (χ1) is 9.08. The van der Waals surface area contributed by atoms with Gasteiger partial charge in [-0.3, -0.25) is 10.1 Å². The summed E-state index contributed by atoms with van der Waals surface area (Å²) >= 11 is 5.72. The lowest BCUT2D eigenvalue weighted by Crippen LogP contribution is -2.59. The first-order valence-electron chi connectivity index (χ1n) is 6.35. The van der Waals surface area contributed by atoms with Gasteiger partial charge in [-0.25, -0.2) is 4.39 Å². The summed E-state index contributed by atoms with van der Waals surface area (Å²) < 4.78 is 13.1. The third kappa shape index (κ3) is 3.81. The molecule has 0 aromatic heterocycles. The van der Waals surface area contributed by atoms with Gasteiger partial charge in [-0.15, -0.1) is 0 Å². The highest BCUT2D eigenvalue weighted by Crippen LogP contribution is 2.20. The van der Waals surface area contributed by atoms with Crippen molar-refractivity contribution in [2.45, 2.75) is 38.5 Å². The van der Waals surface area contributed by atoms with Crippen molar-refractivity contribution in [3.05, 3.63) is 29.0 Å². The molecule has 2 unspecified atom stereocenters. The van der Waals surface area contributed by atoms with Gasteiger partial charge in [0, 0.05) is 18.2 Å². The molecule has 4 nitrogen and oxygen atoms in total. The topological polar surface area (TPSA) is 53.2 Å². The molecule has 0 bridgehead atoms. The Morgan fingerprint density at radius 3 is 3.00 bits per heavy atom.